The number of hydrogen-bond donors (Lipinski definition) is 2. The quantitative estimate of drug-likeness (QED) is 0.329. The Morgan fingerprint density at radius 1 is 1.05 bits per heavy atom. The minimum Gasteiger partial charge on any atom is -0.494 e. The largest absolute Gasteiger partial charge is 0.494 e. The minimum absolute atomic E-state index is 0.111. The van der Waals surface area contributed by atoms with E-state index in [1.165, 1.54) is 7.11 Å². The number of halogens is 2. The molecule has 10 heteroatoms. The third-order valence-electron chi connectivity index (χ3n) is 5.84. The lowest BCUT2D eigenvalue weighted by atomic mass is 10.1. The van der Waals surface area contributed by atoms with Crippen LogP contribution in [0.1, 0.15) is 18.9 Å². The molecule has 3 aromatic rings. The molecule has 8 nitrogen and oxygen atoms in total. The van der Waals surface area contributed by atoms with E-state index in [4.69, 9.17) is 37.4 Å². The van der Waals surface area contributed by atoms with E-state index < -0.39 is 5.92 Å². The van der Waals surface area contributed by atoms with Crippen LogP contribution in [-0.2, 0) is 16.2 Å². The predicted octanol–water partition coefficient (Wildman–Crippen LogP) is 5.48. The van der Waals surface area contributed by atoms with E-state index in [9.17, 15) is 9.59 Å². The zero-order chi connectivity index (χ0) is 26.4. The molecule has 1 aliphatic rings. The maximum absolute atomic E-state index is 12.8. The van der Waals surface area contributed by atoms with Crippen LogP contribution in [0.15, 0.2) is 60.7 Å². The van der Waals surface area contributed by atoms with Crippen LogP contribution in [-0.4, -0.2) is 32.1 Å². The van der Waals surface area contributed by atoms with Gasteiger partial charge in [-0.2, -0.15) is 0 Å². The highest BCUT2D eigenvalue weighted by Gasteiger charge is 2.35. The summed E-state index contributed by atoms with van der Waals surface area (Å²) in [5.74, 6) is 0.528. The topological polar surface area (TPSA) is 89.1 Å². The number of ether oxygens (including phenoxy) is 3. The van der Waals surface area contributed by atoms with Crippen molar-refractivity contribution in [2.45, 2.75) is 20.0 Å². The molecular formula is C27H27Cl2N3O5. The number of methoxy groups -OCH3 is 1. The minimum atomic E-state index is -0.512. The molecule has 0 radical (unpaired) electrons. The van der Waals surface area contributed by atoms with Crippen molar-refractivity contribution in [3.8, 4) is 17.2 Å². The van der Waals surface area contributed by atoms with Gasteiger partial charge in [0.25, 0.3) is 0 Å². The van der Waals surface area contributed by atoms with E-state index in [2.05, 4.69) is 10.9 Å². The fourth-order valence-electron chi connectivity index (χ4n) is 3.96. The van der Waals surface area contributed by atoms with E-state index in [1.807, 2.05) is 37.3 Å². The number of anilines is 2. The lowest BCUT2D eigenvalue weighted by molar-refractivity contribution is -0.125. The maximum Gasteiger partial charge on any atom is 0.243 e. The van der Waals surface area contributed by atoms with Crippen LogP contribution in [0.4, 0.5) is 11.4 Å². The molecule has 2 N–H and O–H groups in total. The molecule has 4 rings (SSSR count). The van der Waals surface area contributed by atoms with Crippen LogP contribution in [0.3, 0.4) is 0 Å². The molecule has 37 heavy (non-hydrogen) atoms. The first-order chi connectivity index (χ1) is 17.9. The van der Waals surface area contributed by atoms with Crippen molar-refractivity contribution in [3.05, 3.63) is 76.3 Å². The summed E-state index contributed by atoms with van der Waals surface area (Å²) in [6, 6.07) is 17.8. The van der Waals surface area contributed by atoms with Crippen LogP contribution < -0.4 is 30.0 Å². The molecule has 0 spiro atoms. The Balaban J connectivity index is 1.36. The smallest absolute Gasteiger partial charge is 0.243 e. The molecule has 1 heterocycles. The van der Waals surface area contributed by atoms with E-state index in [1.54, 1.807) is 35.2 Å². The number of nitrogens with one attached hydrogen (secondary N) is 2. The summed E-state index contributed by atoms with van der Waals surface area (Å²) < 4.78 is 16.8. The second-order valence-corrected chi connectivity index (χ2v) is 9.13. The number of rotatable bonds is 10. The van der Waals surface area contributed by atoms with Gasteiger partial charge in [0.05, 0.1) is 30.3 Å². The fraction of sp³-hybridized carbons (Fsp3) is 0.259. The van der Waals surface area contributed by atoms with E-state index >= 15 is 0 Å². The molecule has 1 saturated heterocycles. The second kappa shape index (κ2) is 12.1. The van der Waals surface area contributed by atoms with Gasteiger partial charge in [-0.1, -0.05) is 41.4 Å². The number of carbonyl (C=O) groups is 2. The first-order valence-corrected chi connectivity index (χ1v) is 12.5. The first kappa shape index (κ1) is 26.4. The number of carbonyl (C=O) groups excluding carboxylic acids is 2. The summed E-state index contributed by atoms with van der Waals surface area (Å²) in [5.41, 5.74) is 7.54. The van der Waals surface area contributed by atoms with Crippen molar-refractivity contribution in [2.24, 2.45) is 5.92 Å². The van der Waals surface area contributed by atoms with Gasteiger partial charge >= 0.3 is 0 Å². The Kier molecular flexibility index (Phi) is 8.63. The van der Waals surface area contributed by atoms with Gasteiger partial charge in [-0.25, -0.2) is 0 Å². The molecule has 1 atom stereocenters. The van der Waals surface area contributed by atoms with Crippen LogP contribution in [0.2, 0.25) is 10.0 Å². The molecule has 0 bridgehead atoms. The van der Waals surface area contributed by atoms with E-state index in [0.29, 0.717) is 33.8 Å². The molecule has 1 fully saturated rings. The Hall–Kier alpha value is -3.62. The van der Waals surface area contributed by atoms with Gasteiger partial charge in [-0.3, -0.25) is 20.4 Å². The number of hydrazine groups is 1. The van der Waals surface area contributed by atoms with Crippen molar-refractivity contribution in [3.63, 3.8) is 0 Å². The highest BCUT2D eigenvalue weighted by Crippen LogP contribution is 2.39. The highest BCUT2D eigenvalue weighted by molar-refractivity contribution is 6.32. The molecule has 0 unspecified atom stereocenters. The number of hydrogen-bond acceptors (Lipinski definition) is 6. The average molecular weight is 544 g/mol. The van der Waals surface area contributed by atoms with Crippen molar-refractivity contribution in [1.82, 2.24) is 5.43 Å². The second-order valence-electron chi connectivity index (χ2n) is 8.32. The fourth-order valence-corrected chi connectivity index (χ4v) is 4.41. The molecule has 194 valence electrons. The third kappa shape index (κ3) is 6.39. The molecular weight excluding hydrogens is 517 g/mol. The third-order valence-corrected chi connectivity index (χ3v) is 6.49. The van der Waals surface area contributed by atoms with Gasteiger partial charge in [-0.05, 0) is 43.3 Å². The molecule has 3 aromatic carbocycles. The van der Waals surface area contributed by atoms with E-state index in [-0.39, 0.29) is 31.4 Å². The molecule has 2 amide bonds. The van der Waals surface area contributed by atoms with Gasteiger partial charge in [0.1, 0.15) is 12.4 Å². The summed E-state index contributed by atoms with van der Waals surface area (Å²) in [6.45, 7) is 2.95. The zero-order valence-corrected chi connectivity index (χ0v) is 21.9. The Morgan fingerprint density at radius 2 is 1.81 bits per heavy atom. The van der Waals surface area contributed by atoms with Gasteiger partial charge in [-0.15, -0.1) is 0 Å². The Bertz CT molecular complexity index is 1270. The van der Waals surface area contributed by atoms with E-state index in [0.717, 1.165) is 17.0 Å². The van der Waals surface area contributed by atoms with Crippen LogP contribution >= 0.6 is 23.2 Å². The normalized spacial score (nSPS) is 14.9. The van der Waals surface area contributed by atoms with Crippen LogP contribution in [0, 0.1) is 5.92 Å². The number of nitrogens with zero attached hydrogens (tertiary/aromatic N) is 1. The first-order valence-electron chi connectivity index (χ1n) is 11.7. The average Bonchev–Trinajstić information content (AvgIpc) is 3.29. The Morgan fingerprint density at radius 3 is 2.51 bits per heavy atom. The van der Waals surface area contributed by atoms with Gasteiger partial charge in [0.15, 0.2) is 11.5 Å². The zero-order valence-electron chi connectivity index (χ0n) is 20.4. The molecule has 0 aromatic heterocycles. The number of benzene rings is 3. The summed E-state index contributed by atoms with van der Waals surface area (Å²) in [7, 11) is 1.50. The predicted molar refractivity (Wildman–Crippen MR) is 144 cm³/mol. The lowest BCUT2D eigenvalue weighted by Gasteiger charge is -2.18. The standard InChI is InChI=1S/C27H27Cl2N3O5/c1-3-36-21-10-8-20(9-11-21)32-15-18(12-25(32)33)27(34)31-30-19-13-23(29)26(24(14-19)35-2)37-16-17-6-4-5-7-22(17)28/h4-11,13-14,18,30H,3,12,15-16H2,1-2H3,(H,31,34)/t18-/m0/s1. The Labute approximate surface area is 225 Å². The molecule has 0 saturated carbocycles. The van der Waals surface area contributed by atoms with Gasteiger partial charge in [0.2, 0.25) is 11.8 Å². The van der Waals surface area contributed by atoms with Crippen molar-refractivity contribution in [1.29, 1.82) is 0 Å². The lowest BCUT2D eigenvalue weighted by Crippen LogP contribution is -2.36. The van der Waals surface area contributed by atoms with Crippen LogP contribution in [0.5, 0.6) is 17.2 Å². The maximum atomic E-state index is 12.8. The summed E-state index contributed by atoms with van der Waals surface area (Å²) in [6.07, 6.45) is 0.111. The summed E-state index contributed by atoms with van der Waals surface area (Å²) in [5, 5.41) is 0.881. The van der Waals surface area contributed by atoms with Gasteiger partial charge in [0, 0.05) is 35.3 Å². The van der Waals surface area contributed by atoms with Crippen molar-refractivity contribution in [2.75, 3.05) is 30.6 Å². The summed E-state index contributed by atoms with van der Waals surface area (Å²) in [4.78, 5) is 27.0. The highest BCUT2D eigenvalue weighted by atomic mass is 35.5. The molecule has 1 aliphatic heterocycles. The SMILES string of the molecule is CCOc1ccc(N2C[C@@H](C(=O)NNc3cc(Cl)c(OCc4ccccc4Cl)c(OC)c3)CC2=O)cc1. The van der Waals surface area contributed by atoms with Gasteiger partial charge < -0.3 is 19.1 Å². The van der Waals surface area contributed by atoms with Crippen molar-refractivity contribution >= 4 is 46.4 Å². The summed E-state index contributed by atoms with van der Waals surface area (Å²) >= 11 is 12.6. The molecule has 0 aliphatic carbocycles. The van der Waals surface area contributed by atoms with Crippen molar-refractivity contribution < 1.29 is 23.8 Å². The number of amides is 2. The van der Waals surface area contributed by atoms with Crippen LogP contribution in [0.25, 0.3) is 0 Å². The monoisotopic (exact) mass is 543 g/mol.